The van der Waals surface area contributed by atoms with E-state index in [4.69, 9.17) is 10.00 Å². The Morgan fingerprint density at radius 2 is 1.86 bits per heavy atom. The van der Waals surface area contributed by atoms with Gasteiger partial charge in [0.2, 0.25) is 0 Å². The molecule has 0 aliphatic rings. The number of nitrogens with one attached hydrogen (secondary N) is 2. The first-order valence-corrected chi connectivity index (χ1v) is 6.66. The lowest BCUT2D eigenvalue weighted by Gasteiger charge is -2.10. The smallest absolute Gasteiger partial charge is 0.339 e. The number of nitrogens with zero attached hydrogens (tertiary/aromatic N) is 1. The molecule has 6 nitrogen and oxygen atoms in total. The summed E-state index contributed by atoms with van der Waals surface area (Å²) in [6.45, 7) is 5.62. The number of rotatable bonds is 5. The van der Waals surface area contributed by atoms with E-state index in [9.17, 15) is 9.59 Å². The maximum Gasteiger partial charge on any atom is 0.339 e. The summed E-state index contributed by atoms with van der Waals surface area (Å²) < 4.78 is 4.89. The van der Waals surface area contributed by atoms with E-state index in [1.807, 2.05) is 19.9 Å². The minimum absolute atomic E-state index is 0.0734. The van der Waals surface area contributed by atoms with Crippen LogP contribution < -0.4 is 10.6 Å². The van der Waals surface area contributed by atoms with Crippen molar-refractivity contribution in [1.29, 1.82) is 5.26 Å². The summed E-state index contributed by atoms with van der Waals surface area (Å²) in [6.07, 6.45) is -0.779. The van der Waals surface area contributed by atoms with Gasteiger partial charge < -0.3 is 15.4 Å². The highest BCUT2D eigenvalue weighted by molar-refractivity contribution is 5.89. The van der Waals surface area contributed by atoms with Gasteiger partial charge in [-0.3, -0.25) is 0 Å². The van der Waals surface area contributed by atoms with Crippen LogP contribution in [0.25, 0.3) is 0 Å². The summed E-state index contributed by atoms with van der Waals surface area (Å²) in [4.78, 5) is 23.1. The molecule has 112 valence electrons. The predicted octanol–water partition coefficient (Wildman–Crippen LogP) is 1.96. The van der Waals surface area contributed by atoms with Crippen molar-refractivity contribution in [3.05, 3.63) is 35.4 Å². The van der Waals surface area contributed by atoms with Gasteiger partial charge in [-0.25, -0.2) is 9.59 Å². The molecule has 0 spiro atoms. The monoisotopic (exact) mass is 289 g/mol. The molecule has 2 N–H and O–H groups in total. The first-order chi connectivity index (χ1) is 9.92. The topological polar surface area (TPSA) is 91.2 Å². The molecule has 21 heavy (non-hydrogen) atoms. The second-order valence-corrected chi connectivity index (χ2v) is 4.86. The van der Waals surface area contributed by atoms with Crippen LogP contribution in [0.3, 0.4) is 0 Å². The number of carbonyl (C=O) groups excluding carboxylic acids is 2. The maximum absolute atomic E-state index is 11.7. The lowest BCUT2D eigenvalue weighted by atomic mass is 10.1. The highest BCUT2D eigenvalue weighted by Crippen LogP contribution is 2.07. The maximum atomic E-state index is 11.7. The van der Waals surface area contributed by atoms with Gasteiger partial charge in [-0.15, -0.1) is 0 Å². The Labute approximate surface area is 124 Å². The summed E-state index contributed by atoms with van der Waals surface area (Å²) >= 11 is 0. The summed E-state index contributed by atoms with van der Waals surface area (Å²) in [5, 5.41) is 14.0. The summed E-state index contributed by atoms with van der Waals surface area (Å²) in [7, 11) is 0. The van der Waals surface area contributed by atoms with Crippen molar-refractivity contribution in [3.8, 4) is 6.07 Å². The van der Waals surface area contributed by atoms with E-state index in [-0.39, 0.29) is 12.1 Å². The number of amides is 2. The van der Waals surface area contributed by atoms with Crippen LogP contribution in [-0.4, -0.2) is 24.1 Å². The third kappa shape index (κ3) is 5.95. The normalized spacial score (nSPS) is 11.4. The molecule has 0 heterocycles. The first kappa shape index (κ1) is 16.5. The van der Waals surface area contributed by atoms with Crippen LogP contribution in [0.15, 0.2) is 24.3 Å². The number of nitriles is 1. The van der Waals surface area contributed by atoms with Gasteiger partial charge in [0.15, 0.2) is 6.10 Å². The zero-order chi connectivity index (χ0) is 15.8. The van der Waals surface area contributed by atoms with Crippen molar-refractivity contribution in [2.24, 2.45) is 0 Å². The average Bonchev–Trinajstić information content (AvgIpc) is 2.44. The molecule has 0 aliphatic carbocycles. The number of hydrogen-bond donors (Lipinski definition) is 2. The van der Waals surface area contributed by atoms with Crippen molar-refractivity contribution >= 4 is 12.0 Å². The molecule has 0 radical (unpaired) electrons. The second kappa shape index (κ2) is 7.90. The highest BCUT2D eigenvalue weighted by Gasteiger charge is 2.11. The van der Waals surface area contributed by atoms with Crippen molar-refractivity contribution in [2.75, 3.05) is 0 Å². The van der Waals surface area contributed by atoms with E-state index in [0.29, 0.717) is 12.1 Å². The number of benzene rings is 1. The van der Waals surface area contributed by atoms with Crippen molar-refractivity contribution < 1.29 is 14.3 Å². The Hall–Kier alpha value is -2.55. The standard InChI is InChI=1S/C15H19N3O3/c1-10(2)18-15(20)17-9-12-4-6-13(7-5-12)14(19)21-11(3)8-16/h4-7,10-11H,9H2,1-3H3,(H2,17,18,20)/t11-/m1/s1. The van der Waals surface area contributed by atoms with Crippen LogP contribution >= 0.6 is 0 Å². The molecule has 2 amide bonds. The van der Waals surface area contributed by atoms with Crippen LogP contribution in [0, 0.1) is 11.3 Å². The Kier molecular flexibility index (Phi) is 6.21. The van der Waals surface area contributed by atoms with Crippen molar-refractivity contribution in [3.63, 3.8) is 0 Å². The van der Waals surface area contributed by atoms with E-state index in [1.54, 1.807) is 24.3 Å². The fraction of sp³-hybridized carbons (Fsp3) is 0.400. The third-order valence-corrected chi connectivity index (χ3v) is 2.53. The van der Waals surface area contributed by atoms with E-state index in [2.05, 4.69) is 10.6 Å². The zero-order valence-electron chi connectivity index (χ0n) is 12.3. The number of esters is 1. The molecule has 0 aromatic heterocycles. The first-order valence-electron chi connectivity index (χ1n) is 6.66. The molecule has 0 unspecified atom stereocenters. The van der Waals surface area contributed by atoms with Gasteiger partial charge in [0.1, 0.15) is 6.07 Å². The molecule has 1 aromatic rings. The largest absolute Gasteiger partial charge is 0.444 e. The highest BCUT2D eigenvalue weighted by atomic mass is 16.5. The summed E-state index contributed by atoms with van der Waals surface area (Å²) in [5.74, 6) is -0.541. The zero-order valence-corrected chi connectivity index (χ0v) is 12.3. The van der Waals surface area contributed by atoms with E-state index < -0.39 is 12.1 Å². The van der Waals surface area contributed by atoms with Gasteiger partial charge >= 0.3 is 12.0 Å². The van der Waals surface area contributed by atoms with Gasteiger partial charge in [0, 0.05) is 12.6 Å². The summed E-state index contributed by atoms with van der Waals surface area (Å²) in [6, 6.07) is 8.31. The molecule has 0 saturated heterocycles. The Morgan fingerprint density at radius 3 is 2.38 bits per heavy atom. The van der Waals surface area contributed by atoms with Crippen molar-refractivity contribution in [2.45, 2.75) is 39.5 Å². The van der Waals surface area contributed by atoms with Crippen LogP contribution in [0.2, 0.25) is 0 Å². The van der Waals surface area contributed by atoms with Crippen LogP contribution in [0.4, 0.5) is 4.79 Å². The molecule has 6 heteroatoms. The number of hydrogen-bond acceptors (Lipinski definition) is 4. The van der Waals surface area contributed by atoms with Crippen LogP contribution in [-0.2, 0) is 11.3 Å². The van der Waals surface area contributed by atoms with Gasteiger partial charge in [-0.1, -0.05) is 12.1 Å². The van der Waals surface area contributed by atoms with Gasteiger partial charge in [-0.2, -0.15) is 5.26 Å². The molecule has 0 bridgehead atoms. The Bertz CT molecular complexity index is 532. The molecule has 1 aromatic carbocycles. The Balaban J connectivity index is 2.53. The molecule has 0 aliphatic heterocycles. The third-order valence-electron chi connectivity index (χ3n) is 2.53. The average molecular weight is 289 g/mol. The van der Waals surface area contributed by atoms with Gasteiger partial charge in [-0.05, 0) is 38.5 Å². The van der Waals surface area contributed by atoms with Crippen molar-refractivity contribution in [1.82, 2.24) is 10.6 Å². The number of ether oxygens (including phenoxy) is 1. The SMILES string of the molecule is CC(C)NC(=O)NCc1ccc(C(=O)O[C@H](C)C#N)cc1. The Morgan fingerprint density at radius 1 is 1.24 bits per heavy atom. The minimum atomic E-state index is -0.779. The second-order valence-electron chi connectivity index (χ2n) is 4.86. The van der Waals surface area contributed by atoms with E-state index >= 15 is 0 Å². The number of carbonyl (C=O) groups is 2. The predicted molar refractivity (Wildman–Crippen MR) is 77.4 cm³/mol. The van der Waals surface area contributed by atoms with Crippen LogP contribution in [0.5, 0.6) is 0 Å². The fourth-order valence-electron chi connectivity index (χ4n) is 1.51. The molecule has 0 fully saturated rings. The molecular weight excluding hydrogens is 270 g/mol. The number of urea groups is 1. The minimum Gasteiger partial charge on any atom is -0.444 e. The van der Waals surface area contributed by atoms with Gasteiger partial charge in [0.05, 0.1) is 5.56 Å². The summed E-state index contributed by atoms with van der Waals surface area (Å²) in [5.41, 5.74) is 1.23. The fourth-order valence-corrected chi connectivity index (χ4v) is 1.51. The molecular formula is C15H19N3O3. The van der Waals surface area contributed by atoms with Crippen LogP contribution in [0.1, 0.15) is 36.7 Å². The van der Waals surface area contributed by atoms with Gasteiger partial charge in [0.25, 0.3) is 0 Å². The quantitative estimate of drug-likeness (QED) is 0.811. The lowest BCUT2D eigenvalue weighted by molar-refractivity contribution is 0.0435. The lowest BCUT2D eigenvalue weighted by Crippen LogP contribution is -2.39. The van der Waals surface area contributed by atoms with E-state index in [0.717, 1.165) is 5.56 Å². The van der Waals surface area contributed by atoms with E-state index in [1.165, 1.54) is 6.92 Å². The molecule has 0 saturated carbocycles. The molecule has 1 atom stereocenters. The molecule has 1 rings (SSSR count).